The van der Waals surface area contributed by atoms with Crippen molar-refractivity contribution in [3.8, 4) is 0 Å². The van der Waals surface area contributed by atoms with Crippen LogP contribution in [-0.2, 0) is 0 Å². The van der Waals surface area contributed by atoms with Crippen molar-refractivity contribution in [2.45, 2.75) is 20.8 Å². The molecule has 0 unspecified atom stereocenters. The number of hydrogen-bond donors (Lipinski definition) is 2. The summed E-state index contributed by atoms with van der Waals surface area (Å²) in [6, 6.07) is 5.08. The maximum Gasteiger partial charge on any atom is 0.337 e. The number of nitrogen functional groups attached to an aromatic ring is 1. The average Bonchev–Trinajstić information content (AvgIpc) is 2.14. The Bertz CT molecular complexity index is 422. The molecule has 4 heteroatoms. The summed E-state index contributed by atoms with van der Waals surface area (Å²) in [4.78, 5) is 13.0. The Morgan fingerprint density at radius 3 is 2.47 bits per heavy atom. The Kier molecular flexibility index (Phi) is 3.66. The molecule has 0 amide bonds. The number of nitrogens with zero attached hydrogens (tertiary/aromatic N) is 1. The highest BCUT2D eigenvalue weighted by Gasteiger charge is 2.18. The van der Waals surface area contributed by atoms with Gasteiger partial charge in [0, 0.05) is 13.6 Å². The van der Waals surface area contributed by atoms with E-state index in [2.05, 4.69) is 20.8 Å². The third-order valence-corrected chi connectivity index (χ3v) is 2.44. The van der Waals surface area contributed by atoms with Crippen molar-refractivity contribution in [2.24, 2.45) is 5.41 Å². The van der Waals surface area contributed by atoms with E-state index in [0.29, 0.717) is 5.69 Å². The van der Waals surface area contributed by atoms with Gasteiger partial charge in [-0.15, -0.1) is 0 Å². The fraction of sp³-hybridized carbons (Fsp3) is 0.462. The van der Waals surface area contributed by atoms with Crippen LogP contribution in [-0.4, -0.2) is 24.7 Å². The number of benzene rings is 1. The SMILES string of the molecule is CN(CC(C)(C)C)c1cccc(C(=O)O)c1N. The molecule has 4 nitrogen and oxygen atoms in total. The Morgan fingerprint density at radius 2 is 2.00 bits per heavy atom. The molecule has 1 aromatic carbocycles. The zero-order valence-electron chi connectivity index (χ0n) is 10.8. The van der Waals surface area contributed by atoms with Gasteiger partial charge in [0.05, 0.1) is 16.9 Å². The minimum Gasteiger partial charge on any atom is -0.478 e. The van der Waals surface area contributed by atoms with Crippen LogP contribution in [0.3, 0.4) is 0 Å². The van der Waals surface area contributed by atoms with Crippen molar-refractivity contribution in [3.63, 3.8) is 0 Å². The molecule has 1 aromatic rings. The molecule has 0 saturated heterocycles. The molecule has 0 aliphatic carbocycles. The van der Waals surface area contributed by atoms with Crippen molar-refractivity contribution in [1.82, 2.24) is 0 Å². The zero-order chi connectivity index (χ0) is 13.2. The van der Waals surface area contributed by atoms with Crippen molar-refractivity contribution >= 4 is 17.3 Å². The van der Waals surface area contributed by atoms with Crippen LogP contribution in [0.4, 0.5) is 11.4 Å². The summed E-state index contributed by atoms with van der Waals surface area (Å²) in [5, 5.41) is 9.01. The molecule has 0 aromatic heterocycles. The number of rotatable bonds is 3. The van der Waals surface area contributed by atoms with Gasteiger partial charge in [0.25, 0.3) is 0 Å². The van der Waals surface area contributed by atoms with Gasteiger partial charge in [0.1, 0.15) is 0 Å². The maximum absolute atomic E-state index is 11.0. The van der Waals surface area contributed by atoms with Gasteiger partial charge in [0.2, 0.25) is 0 Å². The van der Waals surface area contributed by atoms with Crippen LogP contribution in [0, 0.1) is 5.41 Å². The van der Waals surface area contributed by atoms with Crippen LogP contribution < -0.4 is 10.6 Å². The van der Waals surface area contributed by atoms with Crippen molar-refractivity contribution < 1.29 is 9.90 Å². The van der Waals surface area contributed by atoms with E-state index >= 15 is 0 Å². The van der Waals surface area contributed by atoms with Crippen LogP contribution in [0.15, 0.2) is 18.2 Å². The molecule has 1 rings (SSSR count). The van der Waals surface area contributed by atoms with Gasteiger partial charge >= 0.3 is 5.97 Å². The number of carbonyl (C=O) groups is 1. The van der Waals surface area contributed by atoms with Crippen molar-refractivity contribution in [2.75, 3.05) is 24.2 Å². The summed E-state index contributed by atoms with van der Waals surface area (Å²) < 4.78 is 0. The monoisotopic (exact) mass is 236 g/mol. The highest BCUT2D eigenvalue weighted by molar-refractivity contribution is 5.97. The maximum atomic E-state index is 11.0. The number of anilines is 2. The van der Waals surface area contributed by atoms with E-state index in [1.54, 1.807) is 6.07 Å². The first-order valence-electron chi connectivity index (χ1n) is 5.55. The third-order valence-electron chi connectivity index (χ3n) is 2.44. The van der Waals surface area contributed by atoms with E-state index in [0.717, 1.165) is 12.2 Å². The average molecular weight is 236 g/mol. The van der Waals surface area contributed by atoms with Crippen LogP contribution in [0.25, 0.3) is 0 Å². The van der Waals surface area contributed by atoms with Gasteiger partial charge in [-0.3, -0.25) is 0 Å². The fourth-order valence-electron chi connectivity index (χ4n) is 1.87. The van der Waals surface area contributed by atoms with Gasteiger partial charge in [-0.2, -0.15) is 0 Å². The van der Waals surface area contributed by atoms with Crippen molar-refractivity contribution in [3.05, 3.63) is 23.8 Å². The second kappa shape index (κ2) is 4.65. The van der Waals surface area contributed by atoms with E-state index in [9.17, 15) is 4.79 Å². The lowest BCUT2D eigenvalue weighted by Crippen LogP contribution is -2.29. The molecular weight excluding hydrogens is 216 g/mol. The van der Waals surface area contributed by atoms with E-state index in [4.69, 9.17) is 10.8 Å². The van der Waals surface area contributed by atoms with Gasteiger partial charge < -0.3 is 15.7 Å². The standard InChI is InChI=1S/C13H20N2O2/c1-13(2,3)8-15(4)10-7-5-6-9(11(10)14)12(16)17/h5-7H,8,14H2,1-4H3,(H,16,17). The molecule has 0 aliphatic rings. The second-order valence-corrected chi connectivity index (χ2v) is 5.46. The number of carboxylic acid groups (broad SMARTS) is 1. The largest absolute Gasteiger partial charge is 0.478 e. The molecule has 94 valence electrons. The molecule has 0 saturated carbocycles. The number of nitrogens with two attached hydrogens (primary N) is 1. The van der Waals surface area contributed by atoms with Crippen LogP contribution in [0.1, 0.15) is 31.1 Å². The Hall–Kier alpha value is -1.71. The minimum atomic E-state index is -0.992. The Labute approximate surface area is 102 Å². The molecule has 0 spiro atoms. The molecule has 0 bridgehead atoms. The highest BCUT2D eigenvalue weighted by Crippen LogP contribution is 2.28. The zero-order valence-corrected chi connectivity index (χ0v) is 10.8. The first-order chi connectivity index (χ1) is 7.72. The summed E-state index contributed by atoms with van der Waals surface area (Å²) in [6.45, 7) is 7.18. The Balaban J connectivity index is 3.07. The first-order valence-corrected chi connectivity index (χ1v) is 5.55. The molecule has 0 heterocycles. The molecule has 17 heavy (non-hydrogen) atoms. The van der Waals surface area contributed by atoms with E-state index in [1.165, 1.54) is 6.07 Å². The number of para-hydroxylation sites is 1. The lowest BCUT2D eigenvalue weighted by Gasteiger charge is -2.29. The van der Waals surface area contributed by atoms with Gasteiger partial charge in [0.15, 0.2) is 0 Å². The predicted octanol–water partition coefficient (Wildman–Crippen LogP) is 2.45. The third kappa shape index (κ3) is 3.37. The van der Waals surface area contributed by atoms with Crippen molar-refractivity contribution in [1.29, 1.82) is 0 Å². The van der Waals surface area contributed by atoms with E-state index in [1.807, 2.05) is 18.0 Å². The summed E-state index contributed by atoms with van der Waals surface area (Å²) in [7, 11) is 1.92. The topological polar surface area (TPSA) is 66.6 Å². The van der Waals surface area contributed by atoms with Crippen LogP contribution in [0.2, 0.25) is 0 Å². The molecule has 0 fully saturated rings. The fourth-order valence-corrected chi connectivity index (χ4v) is 1.87. The number of carboxylic acids is 1. The minimum absolute atomic E-state index is 0.125. The quantitative estimate of drug-likeness (QED) is 0.791. The molecule has 0 radical (unpaired) electrons. The molecule has 3 N–H and O–H groups in total. The van der Waals surface area contributed by atoms with E-state index in [-0.39, 0.29) is 11.0 Å². The number of hydrogen-bond acceptors (Lipinski definition) is 3. The van der Waals surface area contributed by atoms with Gasteiger partial charge in [-0.1, -0.05) is 26.8 Å². The lowest BCUT2D eigenvalue weighted by atomic mass is 9.96. The molecule has 0 atom stereocenters. The normalized spacial score (nSPS) is 11.3. The molecular formula is C13H20N2O2. The van der Waals surface area contributed by atoms with Crippen LogP contribution in [0.5, 0.6) is 0 Å². The summed E-state index contributed by atoms with van der Waals surface area (Å²) in [5.41, 5.74) is 7.25. The number of aromatic carboxylic acids is 1. The predicted molar refractivity (Wildman–Crippen MR) is 70.5 cm³/mol. The first kappa shape index (κ1) is 13.4. The van der Waals surface area contributed by atoms with E-state index < -0.39 is 5.97 Å². The lowest BCUT2D eigenvalue weighted by molar-refractivity contribution is 0.0698. The smallest absolute Gasteiger partial charge is 0.337 e. The van der Waals surface area contributed by atoms with Gasteiger partial charge in [-0.25, -0.2) is 4.79 Å². The highest BCUT2D eigenvalue weighted by atomic mass is 16.4. The van der Waals surface area contributed by atoms with Crippen LogP contribution >= 0.6 is 0 Å². The van der Waals surface area contributed by atoms with Gasteiger partial charge in [-0.05, 0) is 17.5 Å². The second-order valence-electron chi connectivity index (χ2n) is 5.46. The summed E-state index contributed by atoms with van der Waals surface area (Å²) in [6.07, 6.45) is 0. The molecule has 0 aliphatic heterocycles. The summed E-state index contributed by atoms with van der Waals surface area (Å²) >= 11 is 0. The summed E-state index contributed by atoms with van der Waals surface area (Å²) in [5.74, 6) is -0.992. The Morgan fingerprint density at radius 1 is 1.41 bits per heavy atom.